The van der Waals surface area contributed by atoms with E-state index in [-0.39, 0.29) is 6.10 Å². The standard InChI is InChI=1S/C24H26N4O/c29-20-10-8-19(9-11-20)27-24-26-15-21(23(28-24)17-4-2-1-3-5-17)18-12-13-25-22(14-18)16-6-7-16/h1-5,12-16,19-20,29H,6-11H2,(H,26,27,28). The van der Waals surface area contributed by atoms with E-state index >= 15 is 0 Å². The van der Waals surface area contributed by atoms with Crippen LogP contribution in [0, 0.1) is 0 Å². The summed E-state index contributed by atoms with van der Waals surface area (Å²) in [6.45, 7) is 0. The van der Waals surface area contributed by atoms with Crippen LogP contribution in [0.5, 0.6) is 0 Å². The van der Waals surface area contributed by atoms with E-state index in [0.717, 1.165) is 48.1 Å². The van der Waals surface area contributed by atoms with Gasteiger partial charge in [-0.2, -0.15) is 0 Å². The van der Waals surface area contributed by atoms with Crippen molar-refractivity contribution in [2.75, 3.05) is 5.32 Å². The highest BCUT2D eigenvalue weighted by Gasteiger charge is 2.25. The third-order valence-corrected chi connectivity index (χ3v) is 5.95. The third kappa shape index (κ3) is 4.15. The van der Waals surface area contributed by atoms with Crippen molar-refractivity contribution in [1.82, 2.24) is 15.0 Å². The maximum atomic E-state index is 9.75. The van der Waals surface area contributed by atoms with Gasteiger partial charge in [0.05, 0.1) is 11.8 Å². The molecule has 2 aliphatic rings. The first-order chi connectivity index (χ1) is 14.3. The fraction of sp³-hybridized carbons (Fsp3) is 0.375. The van der Waals surface area contributed by atoms with Gasteiger partial charge in [0.25, 0.3) is 0 Å². The van der Waals surface area contributed by atoms with E-state index in [2.05, 4.69) is 33.5 Å². The maximum absolute atomic E-state index is 9.75. The van der Waals surface area contributed by atoms with Crippen LogP contribution in [0.15, 0.2) is 54.9 Å². The summed E-state index contributed by atoms with van der Waals surface area (Å²) in [5, 5.41) is 13.2. The van der Waals surface area contributed by atoms with Crippen molar-refractivity contribution in [2.24, 2.45) is 0 Å². The van der Waals surface area contributed by atoms with Crippen molar-refractivity contribution in [2.45, 2.75) is 56.6 Å². The molecular weight excluding hydrogens is 360 g/mol. The van der Waals surface area contributed by atoms with Gasteiger partial charge in [-0.15, -0.1) is 0 Å². The SMILES string of the molecule is OC1CCC(Nc2ncc(-c3ccnc(C4CC4)c3)c(-c3ccccc3)n2)CC1. The first kappa shape index (κ1) is 18.3. The zero-order valence-electron chi connectivity index (χ0n) is 16.5. The van der Waals surface area contributed by atoms with Crippen LogP contribution in [-0.2, 0) is 0 Å². The lowest BCUT2D eigenvalue weighted by atomic mass is 9.93. The van der Waals surface area contributed by atoms with E-state index < -0.39 is 0 Å². The predicted molar refractivity (Wildman–Crippen MR) is 115 cm³/mol. The number of benzene rings is 1. The van der Waals surface area contributed by atoms with Crippen LogP contribution in [0.3, 0.4) is 0 Å². The van der Waals surface area contributed by atoms with Crippen LogP contribution in [0.4, 0.5) is 5.95 Å². The maximum Gasteiger partial charge on any atom is 0.223 e. The lowest BCUT2D eigenvalue weighted by Crippen LogP contribution is -2.29. The van der Waals surface area contributed by atoms with E-state index in [9.17, 15) is 5.11 Å². The highest BCUT2D eigenvalue weighted by atomic mass is 16.3. The topological polar surface area (TPSA) is 70.9 Å². The highest BCUT2D eigenvalue weighted by Crippen LogP contribution is 2.40. The van der Waals surface area contributed by atoms with Gasteiger partial charge in [0.1, 0.15) is 0 Å². The summed E-state index contributed by atoms with van der Waals surface area (Å²) in [4.78, 5) is 14.1. The molecule has 0 atom stereocenters. The molecule has 2 aromatic heterocycles. The fourth-order valence-electron chi connectivity index (χ4n) is 4.10. The van der Waals surface area contributed by atoms with Gasteiger partial charge >= 0.3 is 0 Å². The fourth-order valence-corrected chi connectivity index (χ4v) is 4.10. The van der Waals surface area contributed by atoms with Gasteiger partial charge in [0.15, 0.2) is 0 Å². The largest absolute Gasteiger partial charge is 0.393 e. The minimum atomic E-state index is -0.163. The normalized spacial score (nSPS) is 21.7. The molecule has 2 fully saturated rings. The number of nitrogens with one attached hydrogen (secondary N) is 1. The number of aliphatic hydroxyl groups is 1. The number of rotatable bonds is 5. The minimum Gasteiger partial charge on any atom is -0.393 e. The molecule has 1 aromatic carbocycles. The molecular formula is C24H26N4O. The van der Waals surface area contributed by atoms with Gasteiger partial charge in [-0.3, -0.25) is 4.98 Å². The van der Waals surface area contributed by atoms with Gasteiger partial charge in [-0.25, -0.2) is 9.97 Å². The molecule has 0 bridgehead atoms. The van der Waals surface area contributed by atoms with E-state index in [4.69, 9.17) is 4.98 Å². The highest BCUT2D eigenvalue weighted by molar-refractivity contribution is 5.80. The van der Waals surface area contributed by atoms with Gasteiger partial charge in [-0.05, 0) is 56.2 Å². The summed E-state index contributed by atoms with van der Waals surface area (Å²) in [5.74, 6) is 1.27. The molecule has 0 aliphatic heterocycles. The van der Waals surface area contributed by atoms with Crippen molar-refractivity contribution in [3.63, 3.8) is 0 Å². The summed E-state index contributed by atoms with van der Waals surface area (Å²) in [7, 11) is 0. The summed E-state index contributed by atoms with van der Waals surface area (Å²) >= 11 is 0. The third-order valence-electron chi connectivity index (χ3n) is 5.95. The zero-order chi connectivity index (χ0) is 19.6. The Kier molecular flexibility index (Phi) is 4.98. The molecule has 5 rings (SSSR count). The zero-order valence-corrected chi connectivity index (χ0v) is 16.5. The Balaban J connectivity index is 1.50. The molecule has 0 unspecified atom stereocenters. The molecule has 2 heterocycles. The number of aliphatic hydroxyl groups excluding tert-OH is 1. The van der Waals surface area contributed by atoms with Crippen molar-refractivity contribution in [1.29, 1.82) is 0 Å². The Hall–Kier alpha value is -2.79. The molecule has 2 N–H and O–H groups in total. The Morgan fingerprint density at radius 2 is 1.66 bits per heavy atom. The molecule has 0 radical (unpaired) electrons. The van der Waals surface area contributed by atoms with Crippen molar-refractivity contribution in [3.05, 3.63) is 60.6 Å². The molecule has 2 saturated carbocycles. The lowest BCUT2D eigenvalue weighted by Gasteiger charge is -2.26. The van der Waals surface area contributed by atoms with Crippen LogP contribution in [0.25, 0.3) is 22.4 Å². The number of aromatic nitrogens is 3. The van der Waals surface area contributed by atoms with Gasteiger partial charge in [0, 0.05) is 41.2 Å². The van der Waals surface area contributed by atoms with Crippen LogP contribution in [-0.4, -0.2) is 32.2 Å². The van der Waals surface area contributed by atoms with Gasteiger partial charge in [-0.1, -0.05) is 30.3 Å². The summed E-state index contributed by atoms with van der Waals surface area (Å²) < 4.78 is 0. The lowest BCUT2D eigenvalue weighted by molar-refractivity contribution is 0.126. The predicted octanol–water partition coefficient (Wildman–Crippen LogP) is 4.80. The van der Waals surface area contributed by atoms with Crippen molar-refractivity contribution < 1.29 is 5.11 Å². The molecule has 148 valence electrons. The van der Waals surface area contributed by atoms with E-state index in [0.29, 0.717) is 17.9 Å². The second-order valence-electron chi connectivity index (χ2n) is 8.22. The first-order valence-corrected chi connectivity index (χ1v) is 10.6. The van der Waals surface area contributed by atoms with Crippen molar-refractivity contribution in [3.8, 4) is 22.4 Å². The second-order valence-corrected chi connectivity index (χ2v) is 8.22. The average molecular weight is 386 g/mol. The first-order valence-electron chi connectivity index (χ1n) is 10.6. The molecule has 0 saturated heterocycles. The smallest absolute Gasteiger partial charge is 0.223 e. The summed E-state index contributed by atoms with van der Waals surface area (Å²) in [5.41, 5.74) is 5.34. The second kappa shape index (κ2) is 7.91. The van der Waals surface area contributed by atoms with E-state index in [1.165, 1.54) is 18.5 Å². The molecule has 3 aromatic rings. The number of pyridine rings is 1. The summed E-state index contributed by atoms with van der Waals surface area (Å²) in [6, 6.07) is 14.8. The minimum absolute atomic E-state index is 0.163. The molecule has 0 amide bonds. The van der Waals surface area contributed by atoms with Gasteiger partial charge < -0.3 is 10.4 Å². The van der Waals surface area contributed by atoms with E-state index in [1.807, 2.05) is 36.7 Å². The molecule has 2 aliphatic carbocycles. The summed E-state index contributed by atoms with van der Waals surface area (Å²) in [6.07, 6.45) is 9.70. The van der Waals surface area contributed by atoms with Gasteiger partial charge in [0.2, 0.25) is 5.95 Å². The number of nitrogens with zero attached hydrogens (tertiary/aromatic N) is 3. The van der Waals surface area contributed by atoms with Crippen LogP contribution < -0.4 is 5.32 Å². The molecule has 5 heteroatoms. The number of anilines is 1. The van der Waals surface area contributed by atoms with E-state index in [1.54, 1.807) is 0 Å². The molecule has 0 spiro atoms. The Bertz CT molecular complexity index is 979. The van der Waals surface area contributed by atoms with Crippen LogP contribution >= 0.6 is 0 Å². The number of hydrogen-bond acceptors (Lipinski definition) is 5. The Morgan fingerprint density at radius 1 is 0.862 bits per heavy atom. The molecule has 29 heavy (non-hydrogen) atoms. The monoisotopic (exact) mass is 386 g/mol. The molecule has 5 nitrogen and oxygen atoms in total. The average Bonchev–Trinajstić information content (AvgIpc) is 3.62. The number of hydrogen-bond donors (Lipinski definition) is 2. The quantitative estimate of drug-likeness (QED) is 0.659. The Morgan fingerprint density at radius 3 is 2.41 bits per heavy atom. The van der Waals surface area contributed by atoms with Crippen LogP contribution in [0.2, 0.25) is 0 Å². The van der Waals surface area contributed by atoms with Crippen LogP contribution in [0.1, 0.15) is 50.1 Å². The van der Waals surface area contributed by atoms with Crippen molar-refractivity contribution >= 4 is 5.95 Å². The Labute approximate surface area is 171 Å².